The van der Waals surface area contributed by atoms with E-state index in [2.05, 4.69) is 50.4 Å². The van der Waals surface area contributed by atoms with Gasteiger partial charge in [0, 0.05) is 18.5 Å². The van der Waals surface area contributed by atoms with Gasteiger partial charge in [-0.3, -0.25) is 4.79 Å². The third kappa shape index (κ3) is 7.56. The summed E-state index contributed by atoms with van der Waals surface area (Å²) in [4.78, 5) is 13.1. The van der Waals surface area contributed by atoms with Crippen molar-refractivity contribution in [2.24, 2.45) is 0 Å². The second-order valence-electron chi connectivity index (χ2n) is 9.14. The van der Waals surface area contributed by atoms with Crippen LogP contribution in [-0.4, -0.2) is 35.7 Å². The van der Waals surface area contributed by atoms with Crippen molar-refractivity contribution in [1.82, 2.24) is 5.32 Å². The predicted octanol–water partition coefficient (Wildman–Crippen LogP) is 5.90. The van der Waals surface area contributed by atoms with E-state index in [4.69, 9.17) is 4.74 Å². The number of carbonyl (C=O) groups is 1. The zero-order chi connectivity index (χ0) is 23.1. The average molecular weight is 470 g/mol. The normalized spacial score (nSPS) is 12.3. The number of hydrogen-bond acceptors (Lipinski definition) is 4. The minimum atomic E-state index is -0.652. The molecule has 0 fully saturated rings. The van der Waals surface area contributed by atoms with E-state index < -0.39 is 6.10 Å². The summed E-state index contributed by atoms with van der Waals surface area (Å²) in [6.07, 6.45) is 1.39. The molecule has 0 saturated heterocycles. The number of nitrogens with one attached hydrogen (secondary N) is 1. The van der Waals surface area contributed by atoms with Gasteiger partial charge in [0.1, 0.15) is 18.5 Å². The molecule has 0 aromatic heterocycles. The Bertz CT molecular complexity index is 1060. The van der Waals surface area contributed by atoms with Crippen molar-refractivity contribution < 1.29 is 14.6 Å². The molecular formula is C28H36ClNO3. The number of aliphatic hydroxyl groups is 1. The van der Waals surface area contributed by atoms with E-state index in [1.165, 1.54) is 16.3 Å². The summed E-state index contributed by atoms with van der Waals surface area (Å²) in [5, 5.41) is 16.1. The zero-order valence-corrected chi connectivity index (χ0v) is 20.9. The second kappa shape index (κ2) is 12.2. The van der Waals surface area contributed by atoms with Gasteiger partial charge in [0.2, 0.25) is 0 Å². The zero-order valence-electron chi connectivity index (χ0n) is 20.1. The molecule has 0 bridgehead atoms. The monoisotopic (exact) mass is 469 g/mol. The summed E-state index contributed by atoms with van der Waals surface area (Å²) in [6, 6.07) is 20.1. The number of aryl methyl sites for hydroxylation is 2. The molecule has 0 aliphatic rings. The third-order valence-electron chi connectivity index (χ3n) is 6.07. The van der Waals surface area contributed by atoms with Gasteiger partial charge in [0.15, 0.2) is 5.78 Å². The maximum Gasteiger partial charge on any atom is 0.166 e. The number of β-amino-alcohol motifs (C(OH)–C–C–N with tert-alkyl or cyclic N) is 1. The highest BCUT2D eigenvalue weighted by molar-refractivity contribution is 5.99. The van der Waals surface area contributed by atoms with Crippen LogP contribution in [0.2, 0.25) is 0 Å². The molecule has 0 heterocycles. The molecule has 0 aliphatic carbocycles. The highest BCUT2D eigenvalue weighted by Crippen LogP contribution is 2.25. The van der Waals surface area contributed by atoms with Crippen LogP contribution >= 0.6 is 12.4 Å². The first kappa shape index (κ1) is 26.8. The van der Waals surface area contributed by atoms with E-state index in [-0.39, 0.29) is 30.3 Å². The Morgan fingerprint density at radius 2 is 1.82 bits per heavy atom. The maximum atomic E-state index is 13.1. The number of halogens is 1. The van der Waals surface area contributed by atoms with Crippen molar-refractivity contribution >= 4 is 29.0 Å². The molecule has 0 amide bonds. The number of benzene rings is 3. The first-order chi connectivity index (χ1) is 15.3. The lowest BCUT2D eigenvalue weighted by Gasteiger charge is -2.26. The molecule has 0 radical (unpaired) electrons. The highest BCUT2D eigenvalue weighted by Gasteiger charge is 2.18. The van der Waals surface area contributed by atoms with Crippen molar-refractivity contribution in [3.8, 4) is 5.75 Å². The smallest absolute Gasteiger partial charge is 0.166 e. The molecule has 0 aliphatic heterocycles. The van der Waals surface area contributed by atoms with Crippen molar-refractivity contribution in [3.05, 3.63) is 77.4 Å². The first-order valence-corrected chi connectivity index (χ1v) is 11.5. The topological polar surface area (TPSA) is 58.6 Å². The lowest BCUT2D eigenvalue weighted by atomic mass is 9.97. The number of carbonyl (C=O) groups excluding carboxylic acids is 1. The van der Waals surface area contributed by atoms with Gasteiger partial charge >= 0.3 is 0 Å². The van der Waals surface area contributed by atoms with E-state index in [1.54, 1.807) is 0 Å². The molecule has 3 aromatic carbocycles. The summed E-state index contributed by atoms with van der Waals surface area (Å²) in [6.45, 7) is 8.87. The number of fused-ring (bicyclic) bond motifs is 1. The fourth-order valence-electron chi connectivity index (χ4n) is 3.64. The molecule has 3 rings (SSSR count). The average Bonchev–Trinajstić information content (AvgIpc) is 2.80. The fourth-order valence-corrected chi connectivity index (χ4v) is 3.64. The number of rotatable bonds is 11. The largest absolute Gasteiger partial charge is 0.490 e. The fraction of sp³-hybridized carbons (Fsp3) is 0.393. The molecule has 3 aromatic rings. The summed E-state index contributed by atoms with van der Waals surface area (Å²) in [5.74, 6) is 0.587. The maximum absolute atomic E-state index is 13.1. The SMILES string of the molecule is CCC(C)(C)NCC(O)COc1ccc(C)cc1C(=O)CCc1cccc2ccccc12.Cl. The van der Waals surface area contributed by atoms with Crippen molar-refractivity contribution in [2.45, 2.75) is 58.6 Å². The number of aliphatic hydroxyl groups excluding tert-OH is 1. The van der Waals surface area contributed by atoms with Crippen LogP contribution in [0.1, 0.15) is 55.1 Å². The number of hydrogen-bond donors (Lipinski definition) is 2. The molecule has 1 atom stereocenters. The Hall–Kier alpha value is -2.40. The van der Waals surface area contributed by atoms with Crippen LogP contribution in [-0.2, 0) is 6.42 Å². The molecule has 2 N–H and O–H groups in total. The van der Waals surface area contributed by atoms with Gasteiger partial charge in [-0.15, -0.1) is 12.4 Å². The lowest BCUT2D eigenvalue weighted by Crippen LogP contribution is -2.44. The Morgan fingerprint density at radius 3 is 2.58 bits per heavy atom. The van der Waals surface area contributed by atoms with Gasteiger partial charge < -0.3 is 15.2 Å². The third-order valence-corrected chi connectivity index (χ3v) is 6.07. The second-order valence-corrected chi connectivity index (χ2v) is 9.14. The molecular weight excluding hydrogens is 434 g/mol. The Balaban J connectivity index is 0.00000385. The van der Waals surface area contributed by atoms with Gasteiger partial charge in [-0.25, -0.2) is 0 Å². The predicted molar refractivity (Wildman–Crippen MR) is 139 cm³/mol. The van der Waals surface area contributed by atoms with E-state index in [1.807, 2.05) is 43.3 Å². The van der Waals surface area contributed by atoms with E-state index >= 15 is 0 Å². The lowest BCUT2D eigenvalue weighted by molar-refractivity contribution is 0.0927. The molecule has 4 nitrogen and oxygen atoms in total. The van der Waals surface area contributed by atoms with Crippen LogP contribution in [0, 0.1) is 6.92 Å². The number of Topliss-reactive ketones (excluding diaryl/α,β-unsaturated/α-hetero) is 1. The Labute approximate surface area is 203 Å². The standard InChI is InChI=1S/C28H35NO3.ClH/c1-5-28(3,4)29-18-23(30)19-32-27-16-13-20(2)17-25(27)26(31)15-14-22-11-8-10-21-9-6-7-12-24(21)22;/h6-13,16-17,23,29-30H,5,14-15,18-19H2,1-4H3;1H. The summed E-state index contributed by atoms with van der Waals surface area (Å²) < 4.78 is 5.89. The first-order valence-electron chi connectivity index (χ1n) is 11.5. The van der Waals surface area contributed by atoms with Crippen LogP contribution < -0.4 is 10.1 Å². The molecule has 178 valence electrons. The molecule has 33 heavy (non-hydrogen) atoms. The van der Waals surface area contributed by atoms with E-state index in [9.17, 15) is 9.90 Å². The number of ether oxygens (including phenoxy) is 1. The minimum Gasteiger partial charge on any atom is -0.490 e. The quantitative estimate of drug-likeness (QED) is 0.343. The van der Waals surface area contributed by atoms with Crippen LogP contribution in [0.3, 0.4) is 0 Å². The number of ketones is 1. The summed E-state index contributed by atoms with van der Waals surface area (Å²) in [5.41, 5.74) is 2.73. The van der Waals surface area contributed by atoms with Gasteiger partial charge in [-0.1, -0.05) is 61.0 Å². The van der Waals surface area contributed by atoms with Crippen LogP contribution in [0.4, 0.5) is 0 Å². The van der Waals surface area contributed by atoms with Gasteiger partial charge in [-0.2, -0.15) is 0 Å². The van der Waals surface area contributed by atoms with Crippen LogP contribution in [0.15, 0.2) is 60.7 Å². The molecule has 1 unspecified atom stereocenters. The van der Waals surface area contributed by atoms with Crippen molar-refractivity contribution in [3.63, 3.8) is 0 Å². The minimum absolute atomic E-state index is 0. The Kier molecular flexibility index (Phi) is 9.90. The van der Waals surface area contributed by atoms with E-state index in [0.717, 1.165) is 12.0 Å². The molecule has 0 saturated carbocycles. The molecule has 0 spiro atoms. The van der Waals surface area contributed by atoms with Gasteiger partial charge in [-0.05, 0) is 62.1 Å². The van der Waals surface area contributed by atoms with Crippen molar-refractivity contribution in [1.29, 1.82) is 0 Å². The van der Waals surface area contributed by atoms with Crippen LogP contribution in [0.5, 0.6) is 5.75 Å². The van der Waals surface area contributed by atoms with Gasteiger partial charge in [0.25, 0.3) is 0 Å². The van der Waals surface area contributed by atoms with Crippen LogP contribution in [0.25, 0.3) is 10.8 Å². The summed E-state index contributed by atoms with van der Waals surface area (Å²) in [7, 11) is 0. The van der Waals surface area contributed by atoms with Crippen molar-refractivity contribution in [2.75, 3.05) is 13.2 Å². The molecule has 5 heteroatoms. The summed E-state index contributed by atoms with van der Waals surface area (Å²) >= 11 is 0. The van der Waals surface area contributed by atoms with Gasteiger partial charge in [0.05, 0.1) is 5.56 Å². The Morgan fingerprint density at radius 1 is 1.09 bits per heavy atom. The van der Waals surface area contributed by atoms with E-state index in [0.29, 0.717) is 30.7 Å². The highest BCUT2D eigenvalue weighted by atomic mass is 35.5.